The molecule has 0 radical (unpaired) electrons. The summed E-state index contributed by atoms with van der Waals surface area (Å²) in [6.07, 6.45) is -3.75. The summed E-state index contributed by atoms with van der Waals surface area (Å²) in [5, 5.41) is 2.14. The van der Waals surface area contributed by atoms with Gasteiger partial charge in [-0.2, -0.15) is 13.2 Å². The van der Waals surface area contributed by atoms with Gasteiger partial charge >= 0.3 is 6.18 Å². The Morgan fingerprint density at radius 2 is 1.70 bits per heavy atom. The van der Waals surface area contributed by atoms with Crippen molar-refractivity contribution in [2.24, 2.45) is 0 Å². The Kier molecular flexibility index (Phi) is 8.95. The molecular weight excluding hydrogens is 595 g/mol. The molecule has 1 N–H and O–H groups in total. The fraction of sp³-hybridized carbons (Fsp3) is 0.267. The van der Waals surface area contributed by atoms with Crippen LogP contribution in [0, 0.1) is 5.82 Å². The predicted molar refractivity (Wildman–Crippen MR) is 153 cm³/mol. The summed E-state index contributed by atoms with van der Waals surface area (Å²) in [6, 6.07) is 11.3. The Balaban J connectivity index is 2.00. The number of nitrogens with zero attached hydrogens (tertiary/aromatic N) is 1. The minimum absolute atomic E-state index is 0.0521. The third kappa shape index (κ3) is 6.71. The van der Waals surface area contributed by atoms with Crippen molar-refractivity contribution in [3.8, 4) is 22.5 Å². The second kappa shape index (κ2) is 12.2. The number of hydrogen-bond acceptors (Lipinski definition) is 5. The van der Waals surface area contributed by atoms with E-state index in [2.05, 4.69) is 0 Å². The number of fused-ring (bicyclic) bond motifs is 1. The lowest BCUT2D eigenvalue weighted by atomic mass is 9.95. The second-order valence-electron chi connectivity index (χ2n) is 9.80. The molecule has 13 heteroatoms. The first-order valence-corrected chi connectivity index (χ1v) is 14.9. The number of amides is 1. The first kappa shape index (κ1) is 31.7. The second-order valence-corrected chi connectivity index (χ2v) is 11.7. The van der Waals surface area contributed by atoms with Gasteiger partial charge in [-0.05, 0) is 55.0 Å². The van der Waals surface area contributed by atoms with Crippen LogP contribution in [0.5, 0.6) is 0 Å². The van der Waals surface area contributed by atoms with Crippen molar-refractivity contribution in [3.05, 3.63) is 77.6 Å². The van der Waals surface area contributed by atoms with Gasteiger partial charge in [0, 0.05) is 34.6 Å². The standard InChI is InChI=1S/C30H27F5N2O5S/c1-4-25(38)27-23-15-22(19-6-5-7-20(14-19)29(39)36-17(2)30(33,34)35)24(37(13-12-31)43(3,40)41)16-26(23)42-28(27)18-8-10-21(32)11-9-18/h5-11,14-17H,4,12-13H2,1-3H3,(H,36,39)/t17-/m1/s1. The maximum Gasteiger partial charge on any atom is 0.408 e. The number of hydrogen-bond donors (Lipinski definition) is 1. The van der Waals surface area contributed by atoms with E-state index in [1.165, 1.54) is 60.7 Å². The average molecular weight is 623 g/mol. The number of anilines is 1. The van der Waals surface area contributed by atoms with E-state index in [4.69, 9.17) is 4.42 Å². The number of alkyl halides is 4. The molecule has 0 saturated carbocycles. The third-order valence-electron chi connectivity index (χ3n) is 6.74. The Morgan fingerprint density at radius 3 is 2.28 bits per heavy atom. The minimum atomic E-state index is -4.68. The fourth-order valence-electron chi connectivity index (χ4n) is 4.56. The molecule has 0 aliphatic heterocycles. The molecule has 3 aromatic carbocycles. The summed E-state index contributed by atoms with van der Waals surface area (Å²) in [5.74, 6) is -1.77. The van der Waals surface area contributed by atoms with Gasteiger partial charge in [-0.3, -0.25) is 13.9 Å². The molecule has 4 rings (SSSR count). The van der Waals surface area contributed by atoms with Crippen LogP contribution in [0.4, 0.5) is 27.6 Å². The van der Waals surface area contributed by atoms with Crippen LogP contribution >= 0.6 is 0 Å². The lowest BCUT2D eigenvalue weighted by Crippen LogP contribution is -2.43. The molecule has 0 bridgehead atoms. The van der Waals surface area contributed by atoms with E-state index in [-0.39, 0.29) is 56.9 Å². The zero-order valence-corrected chi connectivity index (χ0v) is 24.1. The van der Waals surface area contributed by atoms with Crippen molar-refractivity contribution in [3.63, 3.8) is 0 Å². The summed E-state index contributed by atoms with van der Waals surface area (Å²) in [7, 11) is -4.08. The number of nitrogens with one attached hydrogen (secondary N) is 1. The molecule has 1 atom stereocenters. The first-order valence-electron chi connectivity index (χ1n) is 13.1. The number of furan rings is 1. The molecule has 1 aromatic heterocycles. The van der Waals surface area contributed by atoms with Crippen LogP contribution in [-0.2, 0) is 10.0 Å². The van der Waals surface area contributed by atoms with Gasteiger partial charge in [-0.1, -0.05) is 19.1 Å². The molecule has 1 heterocycles. The van der Waals surface area contributed by atoms with Crippen molar-refractivity contribution >= 4 is 38.4 Å². The van der Waals surface area contributed by atoms with Crippen LogP contribution in [0.2, 0.25) is 0 Å². The van der Waals surface area contributed by atoms with E-state index in [1.807, 2.05) is 5.32 Å². The predicted octanol–water partition coefficient (Wildman–Crippen LogP) is 6.91. The molecule has 1 amide bonds. The maximum absolute atomic E-state index is 13.6. The summed E-state index contributed by atoms with van der Waals surface area (Å²) in [6.45, 7) is 0.786. The van der Waals surface area contributed by atoms with Gasteiger partial charge in [0.1, 0.15) is 29.9 Å². The van der Waals surface area contributed by atoms with Gasteiger partial charge in [0.15, 0.2) is 5.78 Å². The summed E-state index contributed by atoms with van der Waals surface area (Å²) in [4.78, 5) is 25.9. The van der Waals surface area contributed by atoms with E-state index in [9.17, 15) is 40.0 Å². The summed E-state index contributed by atoms with van der Waals surface area (Å²) < 4.78 is 98.8. The lowest BCUT2D eigenvalue weighted by Gasteiger charge is -2.24. The average Bonchev–Trinajstić information content (AvgIpc) is 3.32. The fourth-order valence-corrected chi connectivity index (χ4v) is 5.47. The Labute approximate surface area is 244 Å². The van der Waals surface area contributed by atoms with E-state index < -0.39 is 47.2 Å². The first-order chi connectivity index (χ1) is 20.1. The number of rotatable bonds is 10. The van der Waals surface area contributed by atoms with E-state index >= 15 is 0 Å². The van der Waals surface area contributed by atoms with Crippen molar-refractivity contribution in [2.45, 2.75) is 32.5 Å². The molecule has 0 spiro atoms. The number of ketones is 1. The van der Waals surface area contributed by atoms with Crippen LogP contribution in [0.1, 0.15) is 41.0 Å². The summed E-state index contributed by atoms with van der Waals surface area (Å²) in [5.41, 5.74) is 0.733. The molecule has 0 saturated heterocycles. The normalized spacial score (nSPS) is 12.7. The van der Waals surface area contributed by atoms with E-state index in [1.54, 1.807) is 6.92 Å². The van der Waals surface area contributed by atoms with Crippen molar-refractivity contribution in [1.29, 1.82) is 0 Å². The topological polar surface area (TPSA) is 96.7 Å². The molecule has 0 aliphatic rings. The van der Waals surface area contributed by atoms with Gasteiger partial charge < -0.3 is 9.73 Å². The number of carbonyl (C=O) groups excluding carboxylic acids is 2. The Morgan fingerprint density at radius 1 is 1.02 bits per heavy atom. The molecular formula is C30H27F5N2O5S. The molecule has 0 aliphatic carbocycles. The van der Waals surface area contributed by atoms with E-state index in [0.717, 1.165) is 17.5 Å². The monoisotopic (exact) mass is 622 g/mol. The Bertz CT molecular complexity index is 1780. The van der Waals surface area contributed by atoms with E-state index in [0.29, 0.717) is 5.56 Å². The number of sulfonamides is 1. The van der Waals surface area contributed by atoms with Crippen molar-refractivity contribution in [1.82, 2.24) is 5.32 Å². The molecule has 228 valence electrons. The Hall–Kier alpha value is -4.26. The number of Topliss-reactive ketones (excluding diaryl/α,β-unsaturated/α-hetero) is 1. The van der Waals surface area contributed by atoms with Crippen LogP contribution in [0.25, 0.3) is 33.4 Å². The molecule has 0 unspecified atom stereocenters. The molecule has 7 nitrogen and oxygen atoms in total. The van der Waals surface area contributed by atoms with Crippen molar-refractivity contribution < 1.29 is 44.4 Å². The molecule has 43 heavy (non-hydrogen) atoms. The van der Waals surface area contributed by atoms with Crippen LogP contribution in [0.3, 0.4) is 0 Å². The zero-order chi connectivity index (χ0) is 31.7. The number of halogens is 5. The van der Waals surface area contributed by atoms with Gasteiger partial charge in [-0.15, -0.1) is 0 Å². The summed E-state index contributed by atoms with van der Waals surface area (Å²) >= 11 is 0. The number of benzene rings is 3. The zero-order valence-electron chi connectivity index (χ0n) is 23.3. The highest BCUT2D eigenvalue weighted by molar-refractivity contribution is 7.92. The van der Waals surface area contributed by atoms with Gasteiger partial charge in [0.05, 0.1) is 24.1 Å². The minimum Gasteiger partial charge on any atom is -0.455 e. The SMILES string of the molecule is CCC(=O)c1c(-c2ccc(F)cc2)oc2cc(N(CCF)S(C)(=O)=O)c(-c3cccc(C(=O)N[C@H](C)C(F)(F)F)c3)cc12. The van der Waals surface area contributed by atoms with Gasteiger partial charge in [0.2, 0.25) is 10.0 Å². The van der Waals surface area contributed by atoms with Crippen LogP contribution in [0.15, 0.2) is 65.1 Å². The quantitative estimate of drug-likeness (QED) is 0.153. The van der Waals surface area contributed by atoms with Crippen molar-refractivity contribution in [2.75, 3.05) is 23.8 Å². The lowest BCUT2D eigenvalue weighted by molar-refractivity contribution is -0.149. The highest BCUT2D eigenvalue weighted by Crippen LogP contribution is 2.42. The highest BCUT2D eigenvalue weighted by atomic mass is 32.2. The number of carbonyl (C=O) groups is 2. The largest absolute Gasteiger partial charge is 0.455 e. The van der Waals surface area contributed by atoms with Crippen LogP contribution in [-0.4, -0.2) is 51.8 Å². The third-order valence-corrected chi connectivity index (χ3v) is 7.92. The van der Waals surface area contributed by atoms with Gasteiger partial charge in [0.25, 0.3) is 5.91 Å². The smallest absolute Gasteiger partial charge is 0.408 e. The van der Waals surface area contributed by atoms with Crippen LogP contribution < -0.4 is 9.62 Å². The molecule has 4 aromatic rings. The van der Waals surface area contributed by atoms with Gasteiger partial charge in [-0.25, -0.2) is 17.2 Å². The maximum atomic E-state index is 13.6. The highest BCUT2D eigenvalue weighted by Gasteiger charge is 2.37. The molecule has 0 fully saturated rings.